The fourth-order valence-corrected chi connectivity index (χ4v) is 3.47. The molecule has 1 amide bonds. The van der Waals surface area contributed by atoms with Gasteiger partial charge in [0, 0.05) is 17.0 Å². The molecule has 0 radical (unpaired) electrons. The van der Waals surface area contributed by atoms with Crippen LogP contribution < -0.4 is 5.32 Å². The Bertz CT molecular complexity index is 559. The van der Waals surface area contributed by atoms with Gasteiger partial charge in [-0.3, -0.25) is 4.79 Å². The molecule has 0 spiro atoms. The summed E-state index contributed by atoms with van der Waals surface area (Å²) in [6.07, 6.45) is 3.62. The smallest absolute Gasteiger partial charge is 0.237 e. The van der Waals surface area contributed by atoms with Gasteiger partial charge in [0.05, 0.1) is 17.5 Å². The predicted octanol–water partition coefficient (Wildman–Crippen LogP) is 3.30. The average Bonchev–Trinajstić information content (AvgIpc) is 2.50. The monoisotopic (exact) mass is 323 g/mol. The summed E-state index contributed by atoms with van der Waals surface area (Å²) in [5.74, 6) is 6.88. The third-order valence-electron chi connectivity index (χ3n) is 3.17. The van der Waals surface area contributed by atoms with E-state index in [1.165, 1.54) is 6.42 Å². The van der Waals surface area contributed by atoms with Gasteiger partial charge in [-0.2, -0.15) is 0 Å². The molecule has 0 saturated carbocycles. The Morgan fingerprint density at radius 1 is 1.48 bits per heavy atom. The van der Waals surface area contributed by atoms with Gasteiger partial charge >= 0.3 is 0 Å². The van der Waals surface area contributed by atoms with Crippen LogP contribution >= 0.6 is 23.4 Å². The number of halogens is 1. The van der Waals surface area contributed by atoms with Gasteiger partial charge in [0.15, 0.2) is 0 Å². The van der Waals surface area contributed by atoms with Crippen LogP contribution in [-0.4, -0.2) is 28.6 Å². The van der Waals surface area contributed by atoms with E-state index < -0.39 is 0 Å². The van der Waals surface area contributed by atoms with E-state index >= 15 is 0 Å². The highest BCUT2D eigenvalue weighted by atomic mass is 35.5. The number of aliphatic hydroxyl groups excluding tert-OH is 1. The topological polar surface area (TPSA) is 49.3 Å². The minimum atomic E-state index is 0.0102. The number of nitrogens with one attached hydrogen (secondary N) is 1. The third-order valence-corrected chi connectivity index (χ3v) is 4.78. The zero-order chi connectivity index (χ0) is 15.1. The lowest BCUT2D eigenvalue weighted by atomic mass is 10.1. The summed E-state index contributed by atoms with van der Waals surface area (Å²) in [5, 5.41) is 12.3. The van der Waals surface area contributed by atoms with Crippen LogP contribution in [0.2, 0.25) is 5.02 Å². The fraction of sp³-hybridized carbons (Fsp3) is 0.438. The fourth-order valence-electron chi connectivity index (χ4n) is 2.10. The number of anilines is 1. The third kappa shape index (κ3) is 4.96. The average molecular weight is 324 g/mol. The SMILES string of the molecule is O=C(Nc1cc(Cl)ccc1C#CCCO)C1CCCCS1. The van der Waals surface area contributed by atoms with Crippen molar-refractivity contribution in [1.29, 1.82) is 0 Å². The highest BCUT2D eigenvalue weighted by Crippen LogP contribution is 2.27. The van der Waals surface area contributed by atoms with Crippen molar-refractivity contribution in [1.82, 2.24) is 0 Å². The van der Waals surface area contributed by atoms with Gasteiger partial charge in [0.1, 0.15) is 0 Å². The van der Waals surface area contributed by atoms with E-state index in [4.69, 9.17) is 16.7 Å². The Morgan fingerprint density at radius 2 is 2.33 bits per heavy atom. The minimum absolute atomic E-state index is 0.0102. The first kappa shape index (κ1) is 16.2. The Balaban J connectivity index is 2.12. The molecule has 0 aromatic heterocycles. The maximum atomic E-state index is 12.3. The Labute approximate surface area is 134 Å². The molecule has 21 heavy (non-hydrogen) atoms. The van der Waals surface area contributed by atoms with E-state index in [9.17, 15) is 4.79 Å². The molecule has 1 aromatic rings. The van der Waals surface area contributed by atoms with Crippen LogP contribution in [-0.2, 0) is 4.79 Å². The zero-order valence-corrected chi connectivity index (χ0v) is 13.3. The van der Waals surface area contributed by atoms with Crippen LogP contribution in [0, 0.1) is 11.8 Å². The number of rotatable bonds is 3. The van der Waals surface area contributed by atoms with Gasteiger partial charge < -0.3 is 10.4 Å². The van der Waals surface area contributed by atoms with Crippen molar-refractivity contribution in [3.05, 3.63) is 28.8 Å². The largest absolute Gasteiger partial charge is 0.395 e. The summed E-state index contributed by atoms with van der Waals surface area (Å²) >= 11 is 7.71. The second kappa shape index (κ2) is 8.33. The van der Waals surface area contributed by atoms with Gasteiger partial charge in [0.2, 0.25) is 5.91 Å². The van der Waals surface area contributed by atoms with Gasteiger partial charge in [-0.15, -0.1) is 11.8 Å². The van der Waals surface area contributed by atoms with Crippen molar-refractivity contribution >= 4 is 35.0 Å². The van der Waals surface area contributed by atoms with E-state index in [-0.39, 0.29) is 17.8 Å². The first-order valence-corrected chi connectivity index (χ1v) is 8.45. The van der Waals surface area contributed by atoms with Crippen molar-refractivity contribution in [3.8, 4) is 11.8 Å². The molecule has 1 fully saturated rings. The van der Waals surface area contributed by atoms with Crippen LogP contribution in [0.3, 0.4) is 0 Å². The van der Waals surface area contributed by atoms with E-state index in [2.05, 4.69) is 17.2 Å². The second-order valence-corrected chi connectivity index (χ2v) is 6.56. The normalized spacial score (nSPS) is 17.7. The van der Waals surface area contributed by atoms with Crippen molar-refractivity contribution in [2.75, 3.05) is 17.7 Å². The van der Waals surface area contributed by atoms with Gasteiger partial charge in [-0.1, -0.05) is 29.9 Å². The summed E-state index contributed by atoms with van der Waals surface area (Å²) in [7, 11) is 0. The van der Waals surface area contributed by atoms with Crippen molar-refractivity contribution in [2.24, 2.45) is 0 Å². The van der Waals surface area contributed by atoms with Crippen LogP contribution in [0.5, 0.6) is 0 Å². The minimum Gasteiger partial charge on any atom is -0.395 e. The lowest BCUT2D eigenvalue weighted by Crippen LogP contribution is -2.27. The summed E-state index contributed by atoms with van der Waals surface area (Å²) in [4.78, 5) is 12.3. The predicted molar refractivity (Wildman–Crippen MR) is 88.8 cm³/mol. The van der Waals surface area contributed by atoms with Gasteiger partial charge in [0.25, 0.3) is 0 Å². The number of amides is 1. The van der Waals surface area contributed by atoms with Crippen molar-refractivity contribution in [3.63, 3.8) is 0 Å². The summed E-state index contributed by atoms with van der Waals surface area (Å²) in [6, 6.07) is 5.25. The second-order valence-electron chi connectivity index (χ2n) is 4.81. The van der Waals surface area contributed by atoms with Crippen molar-refractivity contribution in [2.45, 2.75) is 30.9 Å². The lowest BCUT2D eigenvalue weighted by molar-refractivity contribution is -0.115. The van der Waals surface area contributed by atoms with E-state index in [0.29, 0.717) is 17.1 Å². The zero-order valence-electron chi connectivity index (χ0n) is 11.7. The Hall–Kier alpha value is -1.15. The first-order chi connectivity index (χ1) is 10.2. The number of thioether (sulfide) groups is 1. The van der Waals surface area contributed by atoms with E-state index in [1.54, 1.807) is 30.0 Å². The summed E-state index contributed by atoms with van der Waals surface area (Å²) in [5.41, 5.74) is 1.37. The molecule has 0 aliphatic carbocycles. The maximum Gasteiger partial charge on any atom is 0.237 e. The molecular weight excluding hydrogens is 306 g/mol. The van der Waals surface area contributed by atoms with Gasteiger partial charge in [-0.25, -0.2) is 0 Å². The van der Waals surface area contributed by atoms with Crippen LogP contribution in [0.4, 0.5) is 5.69 Å². The summed E-state index contributed by atoms with van der Waals surface area (Å²) < 4.78 is 0. The molecule has 0 bridgehead atoms. The van der Waals surface area contributed by atoms with Crippen LogP contribution in [0.25, 0.3) is 0 Å². The molecule has 1 saturated heterocycles. The molecule has 3 nitrogen and oxygen atoms in total. The molecule has 5 heteroatoms. The number of benzene rings is 1. The van der Waals surface area contributed by atoms with Crippen LogP contribution in [0.15, 0.2) is 18.2 Å². The highest BCUT2D eigenvalue weighted by Gasteiger charge is 2.22. The molecule has 2 N–H and O–H groups in total. The highest BCUT2D eigenvalue weighted by molar-refractivity contribution is 8.00. The lowest BCUT2D eigenvalue weighted by Gasteiger charge is -2.20. The van der Waals surface area contributed by atoms with E-state index in [1.807, 2.05) is 0 Å². The number of carbonyl (C=O) groups excluding carboxylic acids is 1. The van der Waals surface area contributed by atoms with Crippen molar-refractivity contribution < 1.29 is 9.90 Å². The van der Waals surface area contributed by atoms with E-state index in [0.717, 1.165) is 24.2 Å². The van der Waals surface area contributed by atoms with Gasteiger partial charge in [-0.05, 0) is 36.8 Å². The molecule has 1 aromatic carbocycles. The molecule has 2 rings (SSSR count). The van der Waals surface area contributed by atoms with Crippen LogP contribution in [0.1, 0.15) is 31.2 Å². The molecule has 1 aliphatic rings. The molecular formula is C16H18ClNO2S. The number of aliphatic hydroxyl groups is 1. The molecule has 1 unspecified atom stereocenters. The number of carbonyl (C=O) groups is 1. The quantitative estimate of drug-likeness (QED) is 0.839. The molecule has 1 aliphatic heterocycles. The first-order valence-electron chi connectivity index (χ1n) is 7.02. The molecule has 1 heterocycles. The number of hydrogen-bond acceptors (Lipinski definition) is 3. The maximum absolute atomic E-state index is 12.3. The number of hydrogen-bond donors (Lipinski definition) is 2. The summed E-state index contributed by atoms with van der Waals surface area (Å²) in [6.45, 7) is 0.0288. The Kier molecular flexibility index (Phi) is 6.44. The molecule has 112 valence electrons. The Morgan fingerprint density at radius 3 is 3.05 bits per heavy atom. The molecule has 1 atom stereocenters. The standard InChI is InChI=1S/C16H18ClNO2S/c17-13-8-7-12(5-1-3-9-19)14(11-13)18-16(20)15-6-2-4-10-21-15/h7-8,11,15,19H,2-4,6,9-10H2,(H,18,20).